The maximum absolute atomic E-state index is 3.22. The average Bonchev–Trinajstić information content (AvgIpc) is 2.51. The quantitative estimate of drug-likeness (QED) is 0.732. The van der Waals surface area contributed by atoms with Crippen molar-refractivity contribution in [2.45, 2.75) is 38.5 Å². The first-order valence-electron chi connectivity index (χ1n) is 7.88. The highest BCUT2D eigenvalue weighted by Gasteiger charge is 2.19. The van der Waals surface area contributed by atoms with E-state index in [1.54, 1.807) is 0 Å². The Morgan fingerprint density at radius 2 is 0.778 bits per heavy atom. The number of hydrogen-bond donors (Lipinski definition) is 2. The summed E-state index contributed by atoms with van der Waals surface area (Å²) in [6.07, 6.45) is 8.55. The highest BCUT2D eigenvalue weighted by molar-refractivity contribution is 4.67. The van der Waals surface area contributed by atoms with Crippen LogP contribution in [0, 0.1) is 0 Å². The molecule has 2 N–H and O–H groups in total. The number of hydrogen-bond acceptors (Lipinski definition) is 4. The van der Waals surface area contributed by atoms with E-state index in [-0.39, 0.29) is 0 Å². The van der Waals surface area contributed by atoms with Crippen molar-refractivity contribution in [3.05, 3.63) is 0 Å². The third-order valence-corrected chi connectivity index (χ3v) is 4.02. The van der Waals surface area contributed by atoms with Gasteiger partial charge in [-0.05, 0) is 25.7 Å². The van der Waals surface area contributed by atoms with Gasteiger partial charge in [-0.25, -0.2) is 10.0 Å². The fourth-order valence-corrected chi connectivity index (χ4v) is 2.92. The lowest BCUT2D eigenvalue weighted by Gasteiger charge is -2.39. The van der Waals surface area contributed by atoms with Crippen molar-refractivity contribution >= 4 is 0 Å². The normalized spacial score (nSPS) is 27.3. The molecule has 0 aliphatic carbocycles. The van der Waals surface area contributed by atoms with Gasteiger partial charge in [0.05, 0.1) is 0 Å². The molecule has 3 heterocycles. The zero-order valence-corrected chi connectivity index (χ0v) is 11.8. The van der Waals surface area contributed by atoms with Gasteiger partial charge in [-0.2, -0.15) is 0 Å². The standard InChI is InChI=1S/C10H20N2.C4H10N2/c1-3-7-11(8-4-1)12-9-5-2-6-10-12;1-2-6-4-3-5-1/h1-10H2;5-6H,1-4H2. The summed E-state index contributed by atoms with van der Waals surface area (Å²) in [6, 6.07) is 0. The third-order valence-electron chi connectivity index (χ3n) is 4.02. The van der Waals surface area contributed by atoms with Crippen LogP contribution >= 0.6 is 0 Å². The molecular weight excluding hydrogens is 224 g/mol. The molecule has 4 heteroatoms. The van der Waals surface area contributed by atoms with Gasteiger partial charge in [-0.3, -0.25) is 0 Å². The van der Waals surface area contributed by atoms with E-state index < -0.39 is 0 Å². The van der Waals surface area contributed by atoms with Crippen LogP contribution in [0.4, 0.5) is 0 Å². The second kappa shape index (κ2) is 8.86. The molecule has 0 spiro atoms. The number of piperidine rings is 2. The number of nitrogens with one attached hydrogen (secondary N) is 2. The van der Waals surface area contributed by atoms with E-state index in [0.717, 1.165) is 26.2 Å². The first-order valence-corrected chi connectivity index (χ1v) is 7.88. The minimum atomic E-state index is 1.14. The van der Waals surface area contributed by atoms with E-state index in [4.69, 9.17) is 0 Å². The van der Waals surface area contributed by atoms with Crippen LogP contribution in [0.15, 0.2) is 0 Å². The Morgan fingerprint density at radius 3 is 1.06 bits per heavy atom. The van der Waals surface area contributed by atoms with Crippen LogP contribution in [-0.2, 0) is 0 Å². The highest BCUT2D eigenvalue weighted by atomic mass is 15.6. The van der Waals surface area contributed by atoms with Crippen molar-refractivity contribution in [3.63, 3.8) is 0 Å². The Labute approximate surface area is 112 Å². The van der Waals surface area contributed by atoms with Crippen LogP contribution in [-0.4, -0.2) is 62.4 Å². The van der Waals surface area contributed by atoms with Crippen molar-refractivity contribution in [2.24, 2.45) is 0 Å². The molecule has 0 amide bonds. The van der Waals surface area contributed by atoms with Gasteiger partial charge < -0.3 is 10.6 Å². The zero-order valence-electron chi connectivity index (χ0n) is 11.8. The van der Waals surface area contributed by atoms with Gasteiger partial charge in [0.15, 0.2) is 0 Å². The van der Waals surface area contributed by atoms with Gasteiger partial charge in [0.25, 0.3) is 0 Å². The number of hydrazine groups is 1. The van der Waals surface area contributed by atoms with Crippen LogP contribution in [0.3, 0.4) is 0 Å². The molecule has 18 heavy (non-hydrogen) atoms. The lowest BCUT2D eigenvalue weighted by atomic mass is 10.1. The van der Waals surface area contributed by atoms with E-state index in [2.05, 4.69) is 20.7 Å². The van der Waals surface area contributed by atoms with Crippen LogP contribution in [0.2, 0.25) is 0 Å². The Morgan fingerprint density at radius 1 is 0.444 bits per heavy atom. The molecule has 3 rings (SSSR count). The predicted octanol–water partition coefficient (Wildman–Crippen LogP) is 1.05. The molecule has 106 valence electrons. The predicted molar refractivity (Wildman–Crippen MR) is 76.6 cm³/mol. The van der Waals surface area contributed by atoms with E-state index in [1.165, 1.54) is 64.7 Å². The smallest absolute Gasteiger partial charge is 0.0133 e. The minimum absolute atomic E-state index is 1.14. The SMILES string of the molecule is C1CCN(N2CCCCC2)CC1.C1CNCCN1. The molecule has 0 atom stereocenters. The summed E-state index contributed by atoms with van der Waals surface area (Å²) in [5, 5.41) is 11.6. The van der Waals surface area contributed by atoms with Gasteiger partial charge >= 0.3 is 0 Å². The van der Waals surface area contributed by atoms with Crippen LogP contribution in [0.5, 0.6) is 0 Å². The molecule has 3 fully saturated rings. The number of piperazine rings is 1. The van der Waals surface area contributed by atoms with Gasteiger partial charge in [0.2, 0.25) is 0 Å². The first kappa shape index (κ1) is 14.3. The zero-order chi connectivity index (χ0) is 12.5. The first-order chi connectivity index (χ1) is 8.97. The summed E-state index contributed by atoms with van der Waals surface area (Å²) in [5.41, 5.74) is 0. The summed E-state index contributed by atoms with van der Waals surface area (Å²) in [5.74, 6) is 0. The molecule has 0 unspecified atom stereocenters. The maximum Gasteiger partial charge on any atom is 0.0133 e. The maximum atomic E-state index is 3.22. The Kier molecular flexibility index (Phi) is 7.01. The van der Waals surface area contributed by atoms with Crippen LogP contribution in [0.25, 0.3) is 0 Å². The fraction of sp³-hybridized carbons (Fsp3) is 1.00. The second-order valence-electron chi connectivity index (χ2n) is 5.53. The van der Waals surface area contributed by atoms with Crippen molar-refractivity contribution in [2.75, 3.05) is 52.4 Å². The summed E-state index contributed by atoms with van der Waals surface area (Å²) in [6.45, 7) is 9.83. The Bertz CT molecular complexity index is 166. The third kappa shape index (κ3) is 5.22. The summed E-state index contributed by atoms with van der Waals surface area (Å²) in [4.78, 5) is 0. The highest BCUT2D eigenvalue weighted by Crippen LogP contribution is 2.16. The van der Waals surface area contributed by atoms with Crippen LogP contribution in [0.1, 0.15) is 38.5 Å². The van der Waals surface area contributed by atoms with Gasteiger partial charge in [0, 0.05) is 52.4 Å². The molecule has 3 aliphatic heterocycles. The molecular formula is C14H30N4. The average molecular weight is 254 g/mol. The lowest BCUT2D eigenvalue weighted by molar-refractivity contribution is -0.0518. The van der Waals surface area contributed by atoms with E-state index in [1.807, 2.05) is 0 Å². The van der Waals surface area contributed by atoms with Gasteiger partial charge in [0.1, 0.15) is 0 Å². The van der Waals surface area contributed by atoms with Crippen molar-refractivity contribution in [1.82, 2.24) is 20.7 Å². The minimum Gasteiger partial charge on any atom is -0.314 e. The van der Waals surface area contributed by atoms with E-state index in [9.17, 15) is 0 Å². The molecule has 4 nitrogen and oxygen atoms in total. The molecule has 0 aromatic heterocycles. The lowest BCUT2D eigenvalue weighted by Crippen LogP contribution is -2.47. The van der Waals surface area contributed by atoms with Crippen LogP contribution < -0.4 is 10.6 Å². The number of rotatable bonds is 1. The van der Waals surface area contributed by atoms with Crippen molar-refractivity contribution in [1.29, 1.82) is 0 Å². The summed E-state index contributed by atoms with van der Waals surface area (Å²) < 4.78 is 0. The van der Waals surface area contributed by atoms with Gasteiger partial charge in [-0.1, -0.05) is 12.8 Å². The monoisotopic (exact) mass is 254 g/mol. The van der Waals surface area contributed by atoms with E-state index >= 15 is 0 Å². The fourth-order valence-electron chi connectivity index (χ4n) is 2.92. The Balaban J connectivity index is 0.000000169. The molecule has 3 aliphatic rings. The van der Waals surface area contributed by atoms with Crippen molar-refractivity contribution < 1.29 is 0 Å². The Hall–Kier alpha value is -0.160. The molecule has 0 aromatic rings. The molecule has 0 saturated carbocycles. The molecule has 0 bridgehead atoms. The molecule has 0 aromatic carbocycles. The summed E-state index contributed by atoms with van der Waals surface area (Å²) >= 11 is 0. The van der Waals surface area contributed by atoms with Gasteiger partial charge in [-0.15, -0.1) is 0 Å². The largest absolute Gasteiger partial charge is 0.314 e. The van der Waals surface area contributed by atoms with Crippen molar-refractivity contribution in [3.8, 4) is 0 Å². The molecule has 0 radical (unpaired) electrons. The second-order valence-corrected chi connectivity index (χ2v) is 5.53. The van der Waals surface area contributed by atoms with E-state index in [0.29, 0.717) is 0 Å². The molecule has 3 saturated heterocycles. The summed E-state index contributed by atoms with van der Waals surface area (Å²) in [7, 11) is 0. The topological polar surface area (TPSA) is 30.5 Å². The number of nitrogens with zero attached hydrogens (tertiary/aromatic N) is 2.